The largest absolute Gasteiger partial charge is 0.388 e. The van der Waals surface area contributed by atoms with Crippen LogP contribution in [0.15, 0.2) is 23.0 Å². The number of carbonyl (C=O) groups excluding carboxylic acids is 1. The van der Waals surface area contributed by atoms with Crippen LogP contribution in [-0.4, -0.2) is 43.7 Å². The summed E-state index contributed by atoms with van der Waals surface area (Å²) < 4.78 is 1.51. The van der Waals surface area contributed by atoms with Gasteiger partial charge in [-0.05, 0) is 44.9 Å². The molecule has 3 rings (SSSR count). The van der Waals surface area contributed by atoms with Gasteiger partial charge in [-0.2, -0.15) is 0 Å². The second kappa shape index (κ2) is 4.98. The average Bonchev–Trinajstić information content (AvgIpc) is 3.04. The Labute approximate surface area is 128 Å². The van der Waals surface area contributed by atoms with Crippen LogP contribution in [0.5, 0.6) is 0 Å². The van der Waals surface area contributed by atoms with Crippen molar-refractivity contribution in [2.75, 3.05) is 6.54 Å². The Morgan fingerprint density at radius 1 is 1.41 bits per heavy atom. The first-order valence-electron chi connectivity index (χ1n) is 7.51. The molecule has 0 radical (unpaired) electrons. The molecule has 0 bridgehead atoms. The molecule has 0 spiro atoms. The summed E-state index contributed by atoms with van der Waals surface area (Å²) in [5.74, 6) is -0.101. The first-order chi connectivity index (χ1) is 10.3. The summed E-state index contributed by atoms with van der Waals surface area (Å²) in [4.78, 5) is 28.9. The SMILES string of the molecule is Cn1c(=O)[nH]c2cc(C(=O)N3CCCC3C(C)(C)O)ccc21. The van der Waals surface area contributed by atoms with Crippen LogP contribution in [0.25, 0.3) is 11.0 Å². The molecule has 2 N–H and O–H groups in total. The van der Waals surface area contributed by atoms with Crippen LogP contribution in [-0.2, 0) is 7.05 Å². The Morgan fingerprint density at radius 3 is 2.82 bits per heavy atom. The number of aliphatic hydroxyl groups is 1. The zero-order valence-electron chi connectivity index (χ0n) is 13.1. The first kappa shape index (κ1) is 14.8. The van der Waals surface area contributed by atoms with E-state index in [0.29, 0.717) is 17.6 Å². The number of likely N-dealkylation sites (tertiary alicyclic amines) is 1. The topological polar surface area (TPSA) is 78.3 Å². The summed E-state index contributed by atoms with van der Waals surface area (Å²) in [6.07, 6.45) is 1.70. The zero-order chi connectivity index (χ0) is 16.1. The van der Waals surface area contributed by atoms with Crippen LogP contribution in [0, 0.1) is 0 Å². The maximum atomic E-state index is 12.8. The van der Waals surface area contributed by atoms with Gasteiger partial charge >= 0.3 is 5.69 Å². The Morgan fingerprint density at radius 2 is 2.14 bits per heavy atom. The van der Waals surface area contributed by atoms with Gasteiger partial charge < -0.3 is 15.0 Å². The third kappa shape index (κ3) is 2.33. The van der Waals surface area contributed by atoms with Crippen LogP contribution in [0.2, 0.25) is 0 Å². The Balaban J connectivity index is 1.97. The van der Waals surface area contributed by atoms with E-state index < -0.39 is 5.60 Å². The number of aryl methyl sites for hydroxylation is 1. The van der Waals surface area contributed by atoms with Crippen molar-refractivity contribution in [2.24, 2.45) is 7.05 Å². The van der Waals surface area contributed by atoms with E-state index in [4.69, 9.17) is 0 Å². The van der Waals surface area contributed by atoms with Gasteiger partial charge in [-0.15, -0.1) is 0 Å². The molecule has 6 heteroatoms. The van der Waals surface area contributed by atoms with E-state index in [1.54, 1.807) is 44.0 Å². The van der Waals surface area contributed by atoms with Crippen LogP contribution in [0.3, 0.4) is 0 Å². The molecule has 0 saturated carbocycles. The van der Waals surface area contributed by atoms with Crippen molar-refractivity contribution in [3.63, 3.8) is 0 Å². The Kier molecular flexibility index (Phi) is 3.36. The third-order valence-electron chi connectivity index (χ3n) is 4.48. The highest BCUT2D eigenvalue weighted by molar-refractivity contribution is 5.97. The number of aromatic amines is 1. The lowest BCUT2D eigenvalue weighted by molar-refractivity contribution is 0.000342. The second-order valence-corrected chi connectivity index (χ2v) is 6.53. The van der Waals surface area contributed by atoms with Gasteiger partial charge in [0.25, 0.3) is 5.91 Å². The summed E-state index contributed by atoms with van der Waals surface area (Å²) in [7, 11) is 1.69. The summed E-state index contributed by atoms with van der Waals surface area (Å²) in [6.45, 7) is 4.12. The molecule has 0 aliphatic carbocycles. The molecule has 22 heavy (non-hydrogen) atoms. The van der Waals surface area contributed by atoms with Crippen molar-refractivity contribution in [3.8, 4) is 0 Å². The van der Waals surface area contributed by atoms with E-state index in [1.807, 2.05) is 0 Å². The van der Waals surface area contributed by atoms with Crippen molar-refractivity contribution >= 4 is 16.9 Å². The van der Waals surface area contributed by atoms with Crippen molar-refractivity contribution < 1.29 is 9.90 Å². The first-order valence-corrected chi connectivity index (χ1v) is 7.51. The predicted octanol–water partition coefficient (Wildman–Crippen LogP) is 1.24. The van der Waals surface area contributed by atoms with Crippen molar-refractivity contribution in [1.82, 2.24) is 14.5 Å². The number of rotatable bonds is 2. The van der Waals surface area contributed by atoms with Crippen LogP contribution in [0.1, 0.15) is 37.0 Å². The molecule has 1 aliphatic rings. The predicted molar refractivity (Wildman–Crippen MR) is 83.9 cm³/mol. The highest BCUT2D eigenvalue weighted by Crippen LogP contribution is 2.28. The fraction of sp³-hybridized carbons (Fsp3) is 0.500. The van der Waals surface area contributed by atoms with E-state index in [2.05, 4.69) is 4.98 Å². The molecule has 2 heterocycles. The van der Waals surface area contributed by atoms with E-state index in [0.717, 1.165) is 18.4 Å². The maximum absolute atomic E-state index is 12.8. The second-order valence-electron chi connectivity index (χ2n) is 6.53. The van der Waals surface area contributed by atoms with Crippen molar-refractivity contribution in [2.45, 2.75) is 38.3 Å². The minimum absolute atomic E-state index is 0.101. The number of carbonyl (C=O) groups is 1. The fourth-order valence-electron chi connectivity index (χ4n) is 3.28. The number of fused-ring (bicyclic) bond motifs is 1. The van der Waals surface area contributed by atoms with Gasteiger partial charge in [0.1, 0.15) is 0 Å². The van der Waals surface area contributed by atoms with Gasteiger partial charge in [0.05, 0.1) is 22.7 Å². The number of amides is 1. The minimum Gasteiger partial charge on any atom is -0.388 e. The van der Waals surface area contributed by atoms with Crippen molar-refractivity contribution in [3.05, 3.63) is 34.2 Å². The number of imidazole rings is 1. The molecule has 1 unspecified atom stereocenters. The summed E-state index contributed by atoms with van der Waals surface area (Å²) in [6, 6.07) is 5.04. The van der Waals surface area contributed by atoms with E-state index >= 15 is 0 Å². The molecule has 1 aliphatic heterocycles. The molecular weight excluding hydrogens is 282 g/mol. The van der Waals surface area contributed by atoms with Gasteiger partial charge in [-0.25, -0.2) is 4.79 Å². The lowest BCUT2D eigenvalue weighted by Gasteiger charge is -2.33. The average molecular weight is 303 g/mol. The molecule has 1 aromatic carbocycles. The normalized spacial score (nSPS) is 19.1. The van der Waals surface area contributed by atoms with Crippen molar-refractivity contribution in [1.29, 1.82) is 0 Å². The fourth-order valence-corrected chi connectivity index (χ4v) is 3.28. The number of benzene rings is 1. The highest BCUT2D eigenvalue weighted by atomic mass is 16.3. The molecule has 1 amide bonds. The third-order valence-corrected chi connectivity index (χ3v) is 4.48. The molecule has 6 nitrogen and oxygen atoms in total. The molecule has 1 aromatic heterocycles. The Hall–Kier alpha value is -2.08. The van der Waals surface area contributed by atoms with Gasteiger partial charge in [0.2, 0.25) is 0 Å². The highest BCUT2D eigenvalue weighted by Gasteiger charge is 2.38. The van der Waals surface area contributed by atoms with Crippen LogP contribution >= 0.6 is 0 Å². The van der Waals surface area contributed by atoms with Crippen LogP contribution < -0.4 is 5.69 Å². The number of aromatic nitrogens is 2. The molecule has 1 atom stereocenters. The molecule has 1 saturated heterocycles. The maximum Gasteiger partial charge on any atom is 0.326 e. The number of hydrogen-bond donors (Lipinski definition) is 2. The van der Waals surface area contributed by atoms with E-state index in [-0.39, 0.29) is 17.6 Å². The number of nitrogens with zero attached hydrogens (tertiary/aromatic N) is 2. The zero-order valence-corrected chi connectivity index (χ0v) is 13.1. The summed E-state index contributed by atoms with van der Waals surface area (Å²) in [5.41, 5.74) is 0.831. The number of hydrogen-bond acceptors (Lipinski definition) is 3. The quantitative estimate of drug-likeness (QED) is 0.876. The van der Waals surface area contributed by atoms with Gasteiger partial charge in [0, 0.05) is 19.2 Å². The number of H-pyrrole nitrogens is 1. The van der Waals surface area contributed by atoms with Gasteiger partial charge in [0.15, 0.2) is 0 Å². The lowest BCUT2D eigenvalue weighted by Crippen LogP contribution is -2.48. The van der Waals surface area contributed by atoms with E-state index in [9.17, 15) is 14.7 Å². The molecular formula is C16H21N3O3. The summed E-state index contributed by atoms with van der Waals surface area (Å²) >= 11 is 0. The summed E-state index contributed by atoms with van der Waals surface area (Å²) in [5, 5.41) is 10.3. The van der Waals surface area contributed by atoms with Gasteiger partial charge in [-0.3, -0.25) is 9.36 Å². The Bertz CT molecular complexity index is 782. The van der Waals surface area contributed by atoms with Crippen LogP contribution in [0.4, 0.5) is 0 Å². The molecule has 1 fully saturated rings. The lowest BCUT2D eigenvalue weighted by atomic mass is 9.96. The van der Waals surface area contributed by atoms with Gasteiger partial charge in [-0.1, -0.05) is 0 Å². The smallest absolute Gasteiger partial charge is 0.326 e. The number of nitrogens with one attached hydrogen (secondary N) is 1. The monoisotopic (exact) mass is 303 g/mol. The van der Waals surface area contributed by atoms with E-state index in [1.165, 1.54) is 4.57 Å². The minimum atomic E-state index is -0.919. The molecule has 2 aromatic rings. The standard InChI is InChI=1S/C16H21N3O3/c1-16(2,22)13-5-4-8-19(13)14(20)10-6-7-12-11(9-10)17-15(21)18(12)3/h6-7,9,13,22H,4-5,8H2,1-3H3,(H,17,21). The molecule has 118 valence electrons.